The molecule has 1 aliphatic rings. The van der Waals surface area contributed by atoms with Gasteiger partial charge in [0.15, 0.2) is 0 Å². The molecule has 2 atom stereocenters. The van der Waals surface area contributed by atoms with Crippen LogP contribution < -0.4 is 4.74 Å². The van der Waals surface area contributed by atoms with E-state index in [2.05, 4.69) is 0 Å². The summed E-state index contributed by atoms with van der Waals surface area (Å²) < 4.78 is 5.39. The number of likely N-dealkylation sites (tertiary alicyclic amines) is 1. The van der Waals surface area contributed by atoms with Crippen molar-refractivity contribution in [3.8, 4) is 5.75 Å². The van der Waals surface area contributed by atoms with Gasteiger partial charge >= 0.3 is 0 Å². The number of hydrogen-bond donors (Lipinski definition) is 0. The van der Waals surface area contributed by atoms with Gasteiger partial charge in [-0.2, -0.15) is 0 Å². The van der Waals surface area contributed by atoms with Crippen LogP contribution in [0.4, 0.5) is 0 Å². The number of amides is 2. The summed E-state index contributed by atoms with van der Waals surface area (Å²) in [5.74, 6) is 0.959. The zero-order valence-electron chi connectivity index (χ0n) is 18.4. The summed E-state index contributed by atoms with van der Waals surface area (Å²) >= 11 is 0. The summed E-state index contributed by atoms with van der Waals surface area (Å²) in [5.41, 5.74) is 2.14. The molecule has 2 aromatic rings. The highest BCUT2D eigenvalue weighted by Gasteiger charge is 2.41. The minimum atomic E-state index is -0.262. The minimum Gasteiger partial charge on any atom is -0.497 e. The van der Waals surface area contributed by atoms with Crippen LogP contribution in [0.1, 0.15) is 37.3 Å². The Balaban J connectivity index is 1.83. The molecule has 2 amide bonds. The average molecular weight is 409 g/mol. The van der Waals surface area contributed by atoms with E-state index in [1.54, 1.807) is 12.0 Å². The first-order valence-corrected chi connectivity index (χ1v) is 10.6. The normalized spacial score (nSPS) is 18.5. The first-order valence-electron chi connectivity index (χ1n) is 10.6. The third-order valence-corrected chi connectivity index (χ3v) is 5.73. The van der Waals surface area contributed by atoms with Gasteiger partial charge in [-0.15, -0.1) is 0 Å². The Labute approximate surface area is 179 Å². The lowest BCUT2D eigenvalue weighted by Gasteiger charge is -2.25. The van der Waals surface area contributed by atoms with Crippen molar-refractivity contribution in [3.63, 3.8) is 0 Å². The molecule has 5 heteroatoms. The van der Waals surface area contributed by atoms with Gasteiger partial charge in [-0.3, -0.25) is 9.59 Å². The Morgan fingerprint density at radius 3 is 2.50 bits per heavy atom. The predicted molar refractivity (Wildman–Crippen MR) is 118 cm³/mol. The van der Waals surface area contributed by atoms with Crippen molar-refractivity contribution in [1.82, 2.24) is 9.80 Å². The first kappa shape index (κ1) is 21.9. The molecule has 5 nitrogen and oxygen atoms in total. The number of ether oxygens (including phenoxy) is 1. The van der Waals surface area contributed by atoms with E-state index in [-0.39, 0.29) is 23.7 Å². The quantitative estimate of drug-likeness (QED) is 0.697. The van der Waals surface area contributed by atoms with E-state index in [0.29, 0.717) is 32.0 Å². The largest absolute Gasteiger partial charge is 0.497 e. The standard InChI is InChI=1S/C25H32N2O3/c1-18(2)13-24(28)27-16-22(20-11-8-12-21(14-20)30-4)23(17-27)25(29)26(3)15-19-9-6-5-7-10-19/h5-12,14,18,22-23H,13,15-17H2,1-4H3/t22-,23-/m1/s1. The van der Waals surface area contributed by atoms with Crippen molar-refractivity contribution >= 4 is 11.8 Å². The van der Waals surface area contributed by atoms with Gasteiger partial charge in [-0.05, 0) is 29.2 Å². The van der Waals surface area contributed by atoms with E-state index in [1.165, 1.54) is 0 Å². The summed E-state index contributed by atoms with van der Waals surface area (Å²) in [5, 5.41) is 0. The molecule has 1 fully saturated rings. The van der Waals surface area contributed by atoms with Crippen LogP contribution in [0.15, 0.2) is 54.6 Å². The fourth-order valence-electron chi connectivity index (χ4n) is 4.16. The molecule has 1 heterocycles. The van der Waals surface area contributed by atoms with E-state index < -0.39 is 0 Å². The van der Waals surface area contributed by atoms with Crippen molar-refractivity contribution in [3.05, 3.63) is 65.7 Å². The zero-order valence-corrected chi connectivity index (χ0v) is 18.4. The number of benzene rings is 2. The maximum Gasteiger partial charge on any atom is 0.228 e. The molecular weight excluding hydrogens is 376 g/mol. The maximum absolute atomic E-state index is 13.4. The highest BCUT2D eigenvalue weighted by atomic mass is 16.5. The lowest BCUT2D eigenvalue weighted by molar-refractivity contribution is -0.135. The molecule has 3 rings (SSSR count). The van der Waals surface area contributed by atoms with Crippen molar-refractivity contribution in [2.75, 3.05) is 27.2 Å². The maximum atomic E-state index is 13.4. The van der Waals surface area contributed by atoms with Crippen LogP contribution in [0, 0.1) is 11.8 Å². The number of nitrogens with zero attached hydrogens (tertiary/aromatic N) is 2. The number of carbonyl (C=O) groups excluding carboxylic acids is 2. The Morgan fingerprint density at radius 1 is 1.10 bits per heavy atom. The van der Waals surface area contributed by atoms with Gasteiger partial charge in [-0.1, -0.05) is 56.3 Å². The monoisotopic (exact) mass is 408 g/mol. The summed E-state index contributed by atoms with van der Waals surface area (Å²) in [6.45, 7) is 5.67. The molecule has 0 aliphatic carbocycles. The second-order valence-electron chi connectivity index (χ2n) is 8.57. The molecule has 1 saturated heterocycles. The number of methoxy groups -OCH3 is 1. The molecule has 0 radical (unpaired) electrons. The van der Waals surface area contributed by atoms with E-state index in [0.717, 1.165) is 16.9 Å². The van der Waals surface area contributed by atoms with E-state index in [4.69, 9.17) is 4.74 Å². The van der Waals surface area contributed by atoms with Gasteiger partial charge in [0.2, 0.25) is 11.8 Å². The topological polar surface area (TPSA) is 49.9 Å². The SMILES string of the molecule is COc1cccc([C@H]2CN(C(=O)CC(C)C)C[C@H]2C(=O)N(C)Cc2ccccc2)c1. The molecular formula is C25H32N2O3. The summed E-state index contributed by atoms with van der Waals surface area (Å²) in [6.07, 6.45) is 0.506. The molecule has 0 unspecified atom stereocenters. The molecule has 0 bridgehead atoms. The molecule has 160 valence electrons. The lowest BCUT2D eigenvalue weighted by Crippen LogP contribution is -2.36. The molecule has 2 aromatic carbocycles. The Bertz CT molecular complexity index is 866. The van der Waals surface area contributed by atoms with E-state index in [9.17, 15) is 9.59 Å². The second-order valence-corrected chi connectivity index (χ2v) is 8.57. The van der Waals surface area contributed by atoms with E-state index in [1.807, 2.05) is 80.4 Å². The molecule has 0 N–H and O–H groups in total. The van der Waals surface area contributed by atoms with Crippen molar-refractivity contribution in [2.24, 2.45) is 11.8 Å². The van der Waals surface area contributed by atoms with Crippen molar-refractivity contribution in [1.29, 1.82) is 0 Å². The molecule has 0 spiro atoms. The fourth-order valence-corrected chi connectivity index (χ4v) is 4.16. The van der Waals surface area contributed by atoms with Crippen molar-refractivity contribution in [2.45, 2.75) is 32.7 Å². The smallest absolute Gasteiger partial charge is 0.228 e. The first-order chi connectivity index (χ1) is 14.4. The minimum absolute atomic E-state index is 0.0399. The van der Waals surface area contributed by atoms with Gasteiger partial charge in [0.05, 0.1) is 13.0 Å². The predicted octanol–water partition coefficient (Wildman–Crippen LogP) is 3.94. The van der Waals surface area contributed by atoms with Crippen LogP contribution in [0.5, 0.6) is 5.75 Å². The third-order valence-electron chi connectivity index (χ3n) is 5.73. The Hall–Kier alpha value is -2.82. The fraction of sp³-hybridized carbons (Fsp3) is 0.440. The summed E-state index contributed by atoms with van der Waals surface area (Å²) in [6, 6.07) is 17.8. The summed E-state index contributed by atoms with van der Waals surface area (Å²) in [4.78, 5) is 29.8. The molecule has 1 aliphatic heterocycles. The lowest BCUT2D eigenvalue weighted by atomic mass is 9.88. The van der Waals surface area contributed by atoms with Crippen LogP contribution in [0.2, 0.25) is 0 Å². The van der Waals surface area contributed by atoms with Gasteiger partial charge < -0.3 is 14.5 Å². The zero-order chi connectivity index (χ0) is 21.7. The molecule has 30 heavy (non-hydrogen) atoms. The second kappa shape index (κ2) is 9.79. The highest BCUT2D eigenvalue weighted by Crippen LogP contribution is 2.36. The molecule has 0 saturated carbocycles. The van der Waals surface area contributed by atoms with E-state index >= 15 is 0 Å². The van der Waals surface area contributed by atoms with Gasteiger partial charge in [0, 0.05) is 39.0 Å². The Kier molecular flexibility index (Phi) is 7.14. The number of carbonyl (C=O) groups is 2. The van der Waals surface area contributed by atoms with Crippen LogP contribution in [0.25, 0.3) is 0 Å². The Morgan fingerprint density at radius 2 is 1.83 bits per heavy atom. The van der Waals surface area contributed by atoms with Crippen LogP contribution in [0.3, 0.4) is 0 Å². The van der Waals surface area contributed by atoms with Gasteiger partial charge in [0.25, 0.3) is 0 Å². The van der Waals surface area contributed by atoms with Gasteiger partial charge in [0.1, 0.15) is 5.75 Å². The van der Waals surface area contributed by atoms with Gasteiger partial charge in [-0.25, -0.2) is 0 Å². The molecule has 0 aromatic heterocycles. The van der Waals surface area contributed by atoms with Crippen molar-refractivity contribution < 1.29 is 14.3 Å². The highest BCUT2D eigenvalue weighted by molar-refractivity contribution is 5.83. The summed E-state index contributed by atoms with van der Waals surface area (Å²) in [7, 11) is 3.49. The average Bonchev–Trinajstić information content (AvgIpc) is 3.19. The number of rotatable bonds is 7. The third kappa shape index (κ3) is 5.21. The van der Waals surface area contributed by atoms with Crippen LogP contribution in [-0.4, -0.2) is 48.9 Å². The number of hydrogen-bond acceptors (Lipinski definition) is 3. The van der Waals surface area contributed by atoms with Crippen LogP contribution in [-0.2, 0) is 16.1 Å². The van der Waals surface area contributed by atoms with Crippen LogP contribution >= 0.6 is 0 Å².